The van der Waals surface area contributed by atoms with Gasteiger partial charge in [-0.1, -0.05) is 11.6 Å². The van der Waals surface area contributed by atoms with Gasteiger partial charge in [-0.25, -0.2) is 0 Å². The highest BCUT2D eigenvalue weighted by molar-refractivity contribution is 6.31. The summed E-state index contributed by atoms with van der Waals surface area (Å²) in [5.74, 6) is -0.0557. The van der Waals surface area contributed by atoms with E-state index in [-0.39, 0.29) is 5.91 Å². The normalized spacial score (nSPS) is 18.8. The van der Waals surface area contributed by atoms with E-state index in [2.05, 4.69) is 5.10 Å². The molecule has 1 aliphatic heterocycles. The number of halogens is 1. The van der Waals surface area contributed by atoms with Gasteiger partial charge in [-0.15, -0.1) is 0 Å². The Morgan fingerprint density at radius 3 is 2.55 bits per heavy atom. The van der Waals surface area contributed by atoms with Crippen LogP contribution < -0.4 is 0 Å². The number of piperidine rings is 1. The Bertz CT molecular complexity index is 539. The number of amides is 1. The summed E-state index contributed by atoms with van der Waals surface area (Å²) in [5, 5.41) is 14.6. The summed E-state index contributed by atoms with van der Waals surface area (Å²) in [6.45, 7) is 4.82. The Morgan fingerprint density at radius 2 is 2.05 bits per heavy atom. The highest BCUT2D eigenvalue weighted by atomic mass is 35.5. The fourth-order valence-electron chi connectivity index (χ4n) is 2.30. The summed E-state index contributed by atoms with van der Waals surface area (Å²) in [4.78, 5) is 13.8. The maximum Gasteiger partial charge on any atom is 0.246 e. The molecule has 0 atom stereocenters. The molecule has 2 rings (SSSR count). The molecule has 0 aromatic carbocycles. The third-order valence-corrected chi connectivity index (χ3v) is 4.19. The molecule has 0 saturated carbocycles. The number of likely N-dealkylation sites (tertiary alicyclic amines) is 1. The van der Waals surface area contributed by atoms with Crippen molar-refractivity contribution in [2.75, 3.05) is 13.1 Å². The van der Waals surface area contributed by atoms with Gasteiger partial charge in [-0.05, 0) is 32.8 Å². The first-order chi connectivity index (χ1) is 9.30. The molecule has 1 aliphatic rings. The third-order valence-electron chi connectivity index (χ3n) is 3.74. The minimum Gasteiger partial charge on any atom is -0.390 e. The van der Waals surface area contributed by atoms with Gasteiger partial charge in [0.2, 0.25) is 5.91 Å². The quantitative estimate of drug-likeness (QED) is 0.847. The summed E-state index contributed by atoms with van der Waals surface area (Å²) in [6.07, 6.45) is 4.45. The van der Waals surface area contributed by atoms with Crippen molar-refractivity contribution >= 4 is 23.6 Å². The van der Waals surface area contributed by atoms with E-state index in [1.54, 1.807) is 22.7 Å². The van der Waals surface area contributed by atoms with Crippen LogP contribution in [-0.2, 0) is 11.8 Å². The third kappa shape index (κ3) is 3.22. The zero-order chi connectivity index (χ0) is 14.9. The Morgan fingerprint density at radius 1 is 1.45 bits per heavy atom. The Kier molecular flexibility index (Phi) is 4.20. The average molecular weight is 298 g/mol. The predicted molar refractivity (Wildman–Crippen MR) is 78.4 cm³/mol. The van der Waals surface area contributed by atoms with Gasteiger partial charge < -0.3 is 10.0 Å². The molecule has 1 N–H and O–H groups in total. The zero-order valence-electron chi connectivity index (χ0n) is 12.1. The molecule has 6 heteroatoms. The molecule has 1 fully saturated rings. The van der Waals surface area contributed by atoms with Gasteiger partial charge in [0, 0.05) is 31.8 Å². The molecule has 0 aliphatic carbocycles. The number of hydrogen-bond donors (Lipinski definition) is 1. The minimum absolute atomic E-state index is 0.0557. The number of aryl methyl sites for hydroxylation is 2. The monoisotopic (exact) mass is 297 g/mol. The Hall–Kier alpha value is -1.33. The van der Waals surface area contributed by atoms with Crippen LogP contribution in [0.4, 0.5) is 0 Å². The number of aliphatic hydroxyl groups is 1. The number of carbonyl (C=O) groups is 1. The van der Waals surface area contributed by atoms with E-state index in [0.717, 1.165) is 11.3 Å². The molecule has 0 bridgehead atoms. The van der Waals surface area contributed by atoms with Gasteiger partial charge in [0.15, 0.2) is 0 Å². The van der Waals surface area contributed by atoms with E-state index >= 15 is 0 Å². The number of nitrogens with zero attached hydrogens (tertiary/aromatic N) is 3. The van der Waals surface area contributed by atoms with Gasteiger partial charge in [-0.3, -0.25) is 9.48 Å². The molecular weight excluding hydrogens is 278 g/mol. The van der Waals surface area contributed by atoms with Gasteiger partial charge in [0.25, 0.3) is 0 Å². The lowest BCUT2D eigenvalue weighted by Crippen LogP contribution is -2.44. The Labute approximate surface area is 123 Å². The molecule has 1 aromatic rings. The van der Waals surface area contributed by atoms with Crippen LogP contribution in [0, 0.1) is 6.92 Å². The second-order valence-corrected chi connectivity index (χ2v) is 5.93. The van der Waals surface area contributed by atoms with Gasteiger partial charge in [0.05, 0.1) is 11.3 Å². The summed E-state index contributed by atoms with van der Waals surface area (Å²) >= 11 is 6.11. The smallest absolute Gasteiger partial charge is 0.246 e. The van der Waals surface area contributed by atoms with Crippen LogP contribution in [0.5, 0.6) is 0 Å². The molecule has 0 unspecified atom stereocenters. The molecule has 1 saturated heterocycles. The topological polar surface area (TPSA) is 58.4 Å². The largest absolute Gasteiger partial charge is 0.390 e. The van der Waals surface area contributed by atoms with E-state index < -0.39 is 5.60 Å². The van der Waals surface area contributed by atoms with E-state index in [1.807, 2.05) is 13.8 Å². The van der Waals surface area contributed by atoms with Crippen molar-refractivity contribution in [3.05, 3.63) is 22.5 Å². The SMILES string of the molecule is Cc1nn(C)c(Cl)c1/C=C/C(=O)N1CCC(C)(O)CC1. The molecule has 1 aromatic heterocycles. The fourth-order valence-corrected chi connectivity index (χ4v) is 2.54. The van der Waals surface area contributed by atoms with Crippen LogP contribution in [0.3, 0.4) is 0 Å². The zero-order valence-corrected chi connectivity index (χ0v) is 12.8. The summed E-state index contributed by atoms with van der Waals surface area (Å²) in [6, 6.07) is 0. The molecule has 0 radical (unpaired) electrons. The Balaban J connectivity index is 2.03. The van der Waals surface area contributed by atoms with Crippen molar-refractivity contribution in [1.29, 1.82) is 0 Å². The first-order valence-corrected chi connectivity index (χ1v) is 7.06. The van der Waals surface area contributed by atoms with Crippen molar-refractivity contribution in [1.82, 2.24) is 14.7 Å². The van der Waals surface area contributed by atoms with E-state index in [0.29, 0.717) is 31.1 Å². The highest BCUT2D eigenvalue weighted by Gasteiger charge is 2.28. The summed E-state index contributed by atoms with van der Waals surface area (Å²) in [7, 11) is 1.77. The van der Waals surface area contributed by atoms with Crippen molar-refractivity contribution in [2.45, 2.75) is 32.3 Å². The number of carbonyl (C=O) groups excluding carboxylic acids is 1. The molecule has 2 heterocycles. The fraction of sp³-hybridized carbons (Fsp3) is 0.571. The second kappa shape index (κ2) is 5.58. The van der Waals surface area contributed by atoms with E-state index in [1.165, 1.54) is 6.08 Å². The van der Waals surface area contributed by atoms with Crippen molar-refractivity contribution in [3.8, 4) is 0 Å². The average Bonchev–Trinajstić information content (AvgIpc) is 2.61. The molecule has 5 nitrogen and oxygen atoms in total. The highest BCUT2D eigenvalue weighted by Crippen LogP contribution is 2.22. The standard InChI is InChI=1S/C14H20ClN3O2/c1-10-11(13(15)17(3)16-10)4-5-12(19)18-8-6-14(2,20)7-9-18/h4-5,20H,6-9H2,1-3H3/b5-4+. The van der Waals surface area contributed by atoms with Crippen molar-refractivity contribution < 1.29 is 9.90 Å². The lowest BCUT2D eigenvalue weighted by molar-refractivity contribution is -0.129. The molecular formula is C14H20ClN3O2. The van der Waals surface area contributed by atoms with Crippen molar-refractivity contribution in [2.24, 2.45) is 7.05 Å². The van der Waals surface area contributed by atoms with Gasteiger partial charge in [0.1, 0.15) is 5.15 Å². The molecule has 1 amide bonds. The second-order valence-electron chi connectivity index (χ2n) is 5.57. The van der Waals surface area contributed by atoms with Crippen LogP contribution in [0.15, 0.2) is 6.08 Å². The molecule has 110 valence electrons. The summed E-state index contributed by atoms with van der Waals surface area (Å²) < 4.78 is 1.58. The van der Waals surface area contributed by atoms with Crippen LogP contribution >= 0.6 is 11.6 Å². The summed E-state index contributed by atoms with van der Waals surface area (Å²) in [5.41, 5.74) is 0.915. The number of hydrogen-bond acceptors (Lipinski definition) is 3. The van der Waals surface area contributed by atoms with Crippen LogP contribution in [0.1, 0.15) is 31.0 Å². The maximum atomic E-state index is 12.1. The van der Waals surface area contributed by atoms with E-state index in [9.17, 15) is 9.90 Å². The van der Waals surface area contributed by atoms with Crippen molar-refractivity contribution in [3.63, 3.8) is 0 Å². The number of aromatic nitrogens is 2. The van der Waals surface area contributed by atoms with E-state index in [4.69, 9.17) is 11.6 Å². The van der Waals surface area contributed by atoms with Crippen LogP contribution in [0.2, 0.25) is 5.15 Å². The number of rotatable bonds is 2. The lowest BCUT2D eigenvalue weighted by atomic mass is 9.94. The van der Waals surface area contributed by atoms with Crippen LogP contribution in [-0.4, -0.2) is 44.4 Å². The van der Waals surface area contributed by atoms with Gasteiger partial charge >= 0.3 is 0 Å². The molecule has 20 heavy (non-hydrogen) atoms. The predicted octanol–water partition coefficient (Wildman–Crippen LogP) is 1.77. The first-order valence-electron chi connectivity index (χ1n) is 6.68. The first kappa shape index (κ1) is 15.1. The molecule has 0 spiro atoms. The van der Waals surface area contributed by atoms with Gasteiger partial charge in [-0.2, -0.15) is 5.10 Å². The van der Waals surface area contributed by atoms with Crippen LogP contribution in [0.25, 0.3) is 6.08 Å². The maximum absolute atomic E-state index is 12.1. The minimum atomic E-state index is -0.649. The lowest BCUT2D eigenvalue weighted by Gasteiger charge is -2.35.